The second kappa shape index (κ2) is 5.51. The van der Waals surface area contributed by atoms with Crippen LogP contribution in [0.2, 0.25) is 5.02 Å². The summed E-state index contributed by atoms with van der Waals surface area (Å²) in [6, 6.07) is 12.3. The standard InChI is InChI=1S/C17H15ClFNO/c1-10-6-12(8-13(19)7-10)16(20-2)15-9-11-4-3-5-14(18)17(11)21-15/h3-9,16,20H,1-2H3. The van der Waals surface area contributed by atoms with Crippen molar-refractivity contribution in [2.75, 3.05) is 7.05 Å². The Morgan fingerprint density at radius 3 is 2.67 bits per heavy atom. The quantitative estimate of drug-likeness (QED) is 0.749. The van der Waals surface area contributed by atoms with Crippen LogP contribution in [0, 0.1) is 12.7 Å². The van der Waals surface area contributed by atoms with Gasteiger partial charge < -0.3 is 9.73 Å². The lowest BCUT2D eigenvalue weighted by Crippen LogP contribution is -2.17. The Kier molecular flexibility index (Phi) is 3.70. The number of furan rings is 1. The Morgan fingerprint density at radius 1 is 1.19 bits per heavy atom. The van der Waals surface area contributed by atoms with Crippen LogP contribution in [0.5, 0.6) is 0 Å². The van der Waals surface area contributed by atoms with E-state index in [4.69, 9.17) is 16.0 Å². The van der Waals surface area contributed by atoms with Crippen molar-refractivity contribution in [2.24, 2.45) is 0 Å². The third-order valence-corrected chi connectivity index (χ3v) is 3.78. The summed E-state index contributed by atoms with van der Waals surface area (Å²) in [4.78, 5) is 0. The van der Waals surface area contributed by atoms with Crippen molar-refractivity contribution < 1.29 is 8.81 Å². The molecule has 0 aliphatic rings. The van der Waals surface area contributed by atoms with Crippen LogP contribution in [-0.4, -0.2) is 7.05 Å². The maximum Gasteiger partial charge on any atom is 0.152 e. The normalized spacial score (nSPS) is 12.8. The van der Waals surface area contributed by atoms with Gasteiger partial charge in [-0.15, -0.1) is 0 Å². The van der Waals surface area contributed by atoms with E-state index in [1.807, 2.05) is 38.2 Å². The number of hydrogen-bond donors (Lipinski definition) is 1. The fraction of sp³-hybridized carbons (Fsp3) is 0.176. The van der Waals surface area contributed by atoms with Crippen molar-refractivity contribution in [1.82, 2.24) is 5.32 Å². The van der Waals surface area contributed by atoms with Crippen molar-refractivity contribution in [3.8, 4) is 0 Å². The molecule has 2 nitrogen and oxygen atoms in total. The third-order valence-electron chi connectivity index (χ3n) is 3.49. The van der Waals surface area contributed by atoms with Crippen LogP contribution < -0.4 is 5.32 Å². The van der Waals surface area contributed by atoms with Gasteiger partial charge in [0.15, 0.2) is 5.58 Å². The monoisotopic (exact) mass is 303 g/mol. The molecule has 0 fully saturated rings. The number of halogens is 2. The molecule has 3 aromatic rings. The van der Waals surface area contributed by atoms with Crippen LogP contribution >= 0.6 is 11.6 Å². The van der Waals surface area contributed by atoms with Gasteiger partial charge in [0.1, 0.15) is 11.6 Å². The van der Waals surface area contributed by atoms with E-state index in [9.17, 15) is 4.39 Å². The molecule has 2 aromatic carbocycles. The largest absolute Gasteiger partial charge is 0.457 e. The Morgan fingerprint density at radius 2 is 2.00 bits per heavy atom. The molecule has 1 aromatic heterocycles. The number of benzene rings is 2. The Bertz CT molecular complexity index is 776. The van der Waals surface area contributed by atoms with Gasteiger partial charge in [-0.3, -0.25) is 0 Å². The average Bonchev–Trinajstić information content (AvgIpc) is 2.83. The van der Waals surface area contributed by atoms with E-state index < -0.39 is 0 Å². The van der Waals surface area contributed by atoms with Gasteiger partial charge in [-0.05, 0) is 49.4 Å². The zero-order valence-electron chi connectivity index (χ0n) is 11.8. The van der Waals surface area contributed by atoms with Crippen LogP contribution in [0.1, 0.15) is 22.9 Å². The van der Waals surface area contributed by atoms with Gasteiger partial charge in [-0.25, -0.2) is 4.39 Å². The van der Waals surface area contributed by atoms with Gasteiger partial charge in [0.25, 0.3) is 0 Å². The molecule has 0 saturated heterocycles. The molecule has 1 unspecified atom stereocenters. The molecule has 1 N–H and O–H groups in total. The Hall–Kier alpha value is -1.84. The first-order valence-electron chi connectivity index (χ1n) is 6.71. The maximum absolute atomic E-state index is 13.6. The van der Waals surface area contributed by atoms with E-state index in [1.165, 1.54) is 12.1 Å². The topological polar surface area (TPSA) is 25.2 Å². The first-order valence-corrected chi connectivity index (χ1v) is 7.08. The lowest BCUT2D eigenvalue weighted by molar-refractivity contribution is 0.490. The van der Waals surface area contributed by atoms with Crippen molar-refractivity contribution in [1.29, 1.82) is 0 Å². The molecule has 0 aliphatic carbocycles. The van der Waals surface area contributed by atoms with Crippen molar-refractivity contribution >= 4 is 22.6 Å². The lowest BCUT2D eigenvalue weighted by atomic mass is 10.0. The molecule has 1 heterocycles. The average molecular weight is 304 g/mol. The van der Waals surface area contributed by atoms with E-state index in [2.05, 4.69) is 5.32 Å². The van der Waals surface area contributed by atoms with Crippen LogP contribution in [-0.2, 0) is 0 Å². The molecule has 4 heteroatoms. The maximum atomic E-state index is 13.6. The number of para-hydroxylation sites is 1. The zero-order chi connectivity index (χ0) is 15.0. The summed E-state index contributed by atoms with van der Waals surface area (Å²) in [6.45, 7) is 1.87. The minimum Gasteiger partial charge on any atom is -0.457 e. The van der Waals surface area contributed by atoms with Crippen LogP contribution in [0.15, 0.2) is 46.9 Å². The number of fused-ring (bicyclic) bond motifs is 1. The molecule has 3 rings (SSSR count). The molecule has 108 valence electrons. The van der Waals surface area contributed by atoms with E-state index in [0.29, 0.717) is 16.4 Å². The van der Waals surface area contributed by atoms with Gasteiger partial charge in [-0.1, -0.05) is 29.8 Å². The molecule has 0 amide bonds. The van der Waals surface area contributed by atoms with Crippen LogP contribution in [0.25, 0.3) is 11.0 Å². The van der Waals surface area contributed by atoms with Gasteiger partial charge in [-0.2, -0.15) is 0 Å². The molecular formula is C17H15ClFNO. The van der Waals surface area contributed by atoms with Crippen LogP contribution in [0.4, 0.5) is 4.39 Å². The number of hydrogen-bond acceptors (Lipinski definition) is 2. The number of rotatable bonds is 3. The second-order valence-electron chi connectivity index (χ2n) is 5.09. The highest BCUT2D eigenvalue weighted by atomic mass is 35.5. The molecule has 0 radical (unpaired) electrons. The summed E-state index contributed by atoms with van der Waals surface area (Å²) in [6.07, 6.45) is 0. The molecule has 0 saturated carbocycles. The van der Waals surface area contributed by atoms with E-state index in [1.54, 1.807) is 6.07 Å². The number of aryl methyl sites for hydroxylation is 1. The fourth-order valence-electron chi connectivity index (χ4n) is 2.59. The smallest absolute Gasteiger partial charge is 0.152 e. The van der Waals surface area contributed by atoms with Gasteiger partial charge >= 0.3 is 0 Å². The van der Waals surface area contributed by atoms with E-state index in [-0.39, 0.29) is 11.9 Å². The highest BCUT2D eigenvalue weighted by Crippen LogP contribution is 2.32. The van der Waals surface area contributed by atoms with Crippen molar-refractivity contribution in [3.05, 3.63) is 70.2 Å². The Balaban J connectivity index is 2.11. The van der Waals surface area contributed by atoms with Gasteiger partial charge in [0, 0.05) is 5.39 Å². The summed E-state index contributed by atoms with van der Waals surface area (Å²) in [7, 11) is 1.82. The molecule has 21 heavy (non-hydrogen) atoms. The highest BCUT2D eigenvalue weighted by molar-refractivity contribution is 6.34. The minimum absolute atomic E-state index is 0.220. The molecule has 0 aliphatic heterocycles. The van der Waals surface area contributed by atoms with E-state index in [0.717, 1.165) is 16.5 Å². The predicted molar refractivity (Wildman–Crippen MR) is 83.3 cm³/mol. The van der Waals surface area contributed by atoms with Crippen molar-refractivity contribution in [2.45, 2.75) is 13.0 Å². The fourth-order valence-corrected chi connectivity index (χ4v) is 2.81. The van der Waals surface area contributed by atoms with Crippen LogP contribution in [0.3, 0.4) is 0 Å². The summed E-state index contributed by atoms with van der Waals surface area (Å²) >= 11 is 6.14. The summed E-state index contributed by atoms with van der Waals surface area (Å²) in [5.74, 6) is 0.463. The molecule has 0 bridgehead atoms. The predicted octanol–water partition coefficient (Wildman–Crippen LogP) is 4.84. The summed E-state index contributed by atoms with van der Waals surface area (Å²) in [5, 5.41) is 4.68. The summed E-state index contributed by atoms with van der Waals surface area (Å²) < 4.78 is 19.5. The molecule has 0 spiro atoms. The summed E-state index contributed by atoms with van der Waals surface area (Å²) in [5.41, 5.74) is 2.35. The lowest BCUT2D eigenvalue weighted by Gasteiger charge is -2.14. The highest BCUT2D eigenvalue weighted by Gasteiger charge is 2.18. The van der Waals surface area contributed by atoms with Gasteiger partial charge in [0.2, 0.25) is 0 Å². The zero-order valence-corrected chi connectivity index (χ0v) is 12.5. The third kappa shape index (κ3) is 2.67. The van der Waals surface area contributed by atoms with Gasteiger partial charge in [0.05, 0.1) is 11.1 Å². The molecule has 1 atom stereocenters. The van der Waals surface area contributed by atoms with E-state index >= 15 is 0 Å². The SMILES string of the molecule is CNC(c1cc(C)cc(F)c1)c1cc2cccc(Cl)c2o1. The Labute approximate surface area is 127 Å². The minimum atomic E-state index is -0.251. The molecular weight excluding hydrogens is 289 g/mol. The van der Waals surface area contributed by atoms with Crippen molar-refractivity contribution in [3.63, 3.8) is 0 Å². The first kappa shape index (κ1) is 14.1. The number of nitrogens with one attached hydrogen (secondary N) is 1. The second-order valence-corrected chi connectivity index (χ2v) is 5.50. The first-order chi connectivity index (χ1) is 10.1.